The maximum atomic E-state index is 12.8. The standard InChI is InChI=1S/C19H29N3O3/c1-14(22-9-11-24-15(13-22)12-21(2)3)19(23)20-17-8-10-25-18-7-5-4-6-16(17)18/h4-7,14-15,17H,8-13H2,1-3H3,(H,20,23)/t14-,15-,17-/m1/s1. The van der Waals surface area contributed by atoms with Crippen LogP contribution in [0.1, 0.15) is 24.9 Å². The van der Waals surface area contributed by atoms with Crippen LogP contribution in [0.5, 0.6) is 5.75 Å². The van der Waals surface area contributed by atoms with Crippen molar-refractivity contribution in [3.05, 3.63) is 29.8 Å². The number of carbonyl (C=O) groups excluding carboxylic acids is 1. The molecule has 1 amide bonds. The summed E-state index contributed by atoms with van der Waals surface area (Å²) in [4.78, 5) is 17.1. The minimum Gasteiger partial charge on any atom is -0.493 e. The van der Waals surface area contributed by atoms with Gasteiger partial charge in [-0.2, -0.15) is 0 Å². The molecule has 0 radical (unpaired) electrons. The zero-order valence-corrected chi connectivity index (χ0v) is 15.4. The van der Waals surface area contributed by atoms with E-state index in [2.05, 4.69) is 15.1 Å². The fourth-order valence-corrected chi connectivity index (χ4v) is 3.56. The summed E-state index contributed by atoms with van der Waals surface area (Å²) in [6, 6.07) is 7.81. The van der Waals surface area contributed by atoms with Gasteiger partial charge in [-0.1, -0.05) is 18.2 Å². The van der Waals surface area contributed by atoms with Crippen molar-refractivity contribution in [3.8, 4) is 5.75 Å². The quantitative estimate of drug-likeness (QED) is 0.870. The number of amides is 1. The topological polar surface area (TPSA) is 54.0 Å². The highest BCUT2D eigenvalue weighted by atomic mass is 16.5. The monoisotopic (exact) mass is 347 g/mol. The van der Waals surface area contributed by atoms with Gasteiger partial charge in [-0.15, -0.1) is 0 Å². The Labute approximate surface area is 150 Å². The van der Waals surface area contributed by atoms with Gasteiger partial charge >= 0.3 is 0 Å². The van der Waals surface area contributed by atoms with E-state index in [1.165, 1.54) is 0 Å². The maximum Gasteiger partial charge on any atom is 0.237 e. The molecule has 1 fully saturated rings. The van der Waals surface area contributed by atoms with Gasteiger partial charge in [0.25, 0.3) is 0 Å². The summed E-state index contributed by atoms with van der Waals surface area (Å²) < 4.78 is 11.5. The molecule has 1 aromatic rings. The van der Waals surface area contributed by atoms with Crippen LogP contribution in [0, 0.1) is 0 Å². The van der Waals surface area contributed by atoms with Gasteiger partial charge in [0.2, 0.25) is 5.91 Å². The van der Waals surface area contributed by atoms with Crippen LogP contribution in [0.25, 0.3) is 0 Å². The molecule has 0 unspecified atom stereocenters. The average Bonchev–Trinajstić information content (AvgIpc) is 2.61. The third kappa shape index (κ3) is 4.51. The van der Waals surface area contributed by atoms with Crippen LogP contribution in [0.4, 0.5) is 0 Å². The van der Waals surface area contributed by atoms with E-state index in [1.807, 2.05) is 45.3 Å². The number of para-hydroxylation sites is 1. The highest BCUT2D eigenvalue weighted by molar-refractivity contribution is 5.82. The molecule has 2 aliphatic heterocycles. The first-order valence-electron chi connectivity index (χ1n) is 9.07. The van der Waals surface area contributed by atoms with Gasteiger partial charge in [-0.25, -0.2) is 0 Å². The Balaban J connectivity index is 1.60. The fourth-order valence-electron chi connectivity index (χ4n) is 3.56. The van der Waals surface area contributed by atoms with Crippen molar-refractivity contribution in [2.75, 3.05) is 46.9 Å². The Kier molecular flexibility index (Phi) is 5.93. The zero-order valence-electron chi connectivity index (χ0n) is 15.4. The van der Waals surface area contributed by atoms with Crippen LogP contribution in [0.15, 0.2) is 24.3 Å². The zero-order chi connectivity index (χ0) is 17.8. The SMILES string of the molecule is C[C@H](C(=O)N[C@@H]1CCOc2ccccc21)N1CCO[C@H](CN(C)C)C1. The largest absolute Gasteiger partial charge is 0.493 e. The predicted octanol–water partition coefficient (Wildman–Crippen LogP) is 1.28. The van der Waals surface area contributed by atoms with E-state index in [0.717, 1.165) is 37.4 Å². The van der Waals surface area contributed by atoms with Gasteiger partial charge in [-0.05, 0) is 27.1 Å². The van der Waals surface area contributed by atoms with E-state index in [1.54, 1.807) is 0 Å². The van der Waals surface area contributed by atoms with Crippen molar-refractivity contribution < 1.29 is 14.3 Å². The maximum absolute atomic E-state index is 12.8. The molecule has 25 heavy (non-hydrogen) atoms. The molecule has 1 aromatic carbocycles. The van der Waals surface area contributed by atoms with E-state index in [4.69, 9.17) is 9.47 Å². The fraction of sp³-hybridized carbons (Fsp3) is 0.632. The highest BCUT2D eigenvalue weighted by Gasteiger charge is 2.30. The summed E-state index contributed by atoms with van der Waals surface area (Å²) in [6.07, 6.45) is 0.963. The van der Waals surface area contributed by atoms with Crippen LogP contribution in [0.2, 0.25) is 0 Å². The molecule has 0 bridgehead atoms. The summed E-state index contributed by atoms with van der Waals surface area (Å²) in [5.41, 5.74) is 1.07. The molecule has 138 valence electrons. The Hall–Kier alpha value is -1.63. The summed E-state index contributed by atoms with van der Waals surface area (Å²) >= 11 is 0. The van der Waals surface area contributed by atoms with E-state index >= 15 is 0 Å². The number of nitrogens with one attached hydrogen (secondary N) is 1. The second kappa shape index (κ2) is 8.17. The molecule has 0 aromatic heterocycles. The van der Waals surface area contributed by atoms with Crippen LogP contribution in [-0.4, -0.2) is 74.8 Å². The third-order valence-electron chi connectivity index (χ3n) is 4.94. The second-order valence-corrected chi connectivity index (χ2v) is 7.16. The molecular formula is C19H29N3O3. The third-order valence-corrected chi connectivity index (χ3v) is 4.94. The number of nitrogens with zero attached hydrogens (tertiary/aromatic N) is 2. The summed E-state index contributed by atoms with van der Waals surface area (Å²) in [7, 11) is 4.09. The molecule has 0 saturated carbocycles. The number of benzene rings is 1. The lowest BCUT2D eigenvalue weighted by molar-refractivity contribution is -0.130. The highest BCUT2D eigenvalue weighted by Crippen LogP contribution is 2.31. The molecule has 3 atom stereocenters. The van der Waals surface area contributed by atoms with Crippen molar-refractivity contribution in [3.63, 3.8) is 0 Å². The van der Waals surface area contributed by atoms with Crippen molar-refractivity contribution in [1.82, 2.24) is 15.1 Å². The van der Waals surface area contributed by atoms with Crippen molar-refractivity contribution in [1.29, 1.82) is 0 Å². The van der Waals surface area contributed by atoms with Crippen molar-refractivity contribution in [2.24, 2.45) is 0 Å². The van der Waals surface area contributed by atoms with E-state index in [0.29, 0.717) is 13.2 Å². The molecule has 2 aliphatic rings. The van der Waals surface area contributed by atoms with Crippen molar-refractivity contribution >= 4 is 5.91 Å². The first kappa shape index (κ1) is 18.2. The summed E-state index contributed by atoms with van der Waals surface area (Å²) in [5, 5.41) is 3.22. The number of ether oxygens (including phenoxy) is 2. The first-order chi connectivity index (χ1) is 12.0. The lowest BCUT2D eigenvalue weighted by Crippen LogP contribution is -2.54. The molecule has 1 saturated heterocycles. The Morgan fingerprint density at radius 2 is 2.16 bits per heavy atom. The number of fused-ring (bicyclic) bond motifs is 1. The first-order valence-corrected chi connectivity index (χ1v) is 9.07. The summed E-state index contributed by atoms with van der Waals surface area (Å²) in [6.45, 7) is 5.76. The molecule has 1 N–H and O–H groups in total. The smallest absolute Gasteiger partial charge is 0.237 e. The Morgan fingerprint density at radius 3 is 2.96 bits per heavy atom. The van der Waals surface area contributed by atoms with E-state index in [-0.39, 0.29) is 24.1 Å². The molecule has 2 heterocycles. The lowest BCUT2D eigenvalue weighted by Gasteiger charge is -2.37. The van der Waals surface area contributed by atoms with Gasteiger partial charge in [-0.3, -0.25) is 9.69 Å². The second-order valence-electron chi connectivity index (χ2n) is 7.16. The van der Waals surface area contributed by atoms with Gasteiger partial charge in [0.15, 0.2) is 0 Å². The van der Waals surface area contributed by atoms with Gasteiger partial charge < -0.3 is 19.7 Å². The van der Waals surface area contributed by atoms with Crippen LogP contribution in [0.3, 0.4) is 0 Å². The van der Waals surface area contributed by atoms with E-state index < -0.39 is 0 Å². The van der Waals surface area contributed by atoms with Crippen LogP contribution < -0.4 is 10.1 Å². The number of likely N-dealkylation sites (N-methyl/N-ethyl adjacent to an activating group) is 1. The number of hydrogen-bond acceptors (Lipinski definition) is 5. The number of morpholine rings is 1. The average molecular weight is 347 g/mol. The number of hydrogen-bond donors (Lipinski definition) is 1. The predicted molar refractivity (Wildman–Crippen MR) is 96.8 cm³/mol. The van der Waals surface area contributed by atoms with Crippen molar-refractivity contribution in [2.45, 2.75) is 31.5 Å². The molecule has 6 nitrogen and oxygen atoms in total. The van der Waals surface area contributed by atoms with Gasteiger partial charge in [0.1, 0.15) is 5.75 Å². The minimum absolute atomic E-state index is 0.0264. The van der Waals surface area contributed by atoms with Gasteiger partial charge in [0.05, 0.1) is 31.4 Å². The number of carbonyl (C=O) groups is 1. The van der Waals surface area contributed by atoms with Crippen LogP contribution >= 0.6 is 0 Å². The minimum atomic E-state index is -0.163. The molecule has 0 spiro atoms. The lowest BCUT2D eigenvalue weighted by atomic mass is 10.00. The molecule has 0 aliphatic carbocycles. The Morgan fingerprint density at radius 1 is 1.36 bits per heavy atom. The molecular weight excluding hydrogens is 318 g/mol. The molecule has 6 heteroatoms. The molecule has 3 rings (SSSR count). The van der Waals surface area contributed by atoms with Crippen LogP contribution in [-0.2, 0) is 9.53 Å². The number of rotatable bonds is 5. The van der Waals surface area contributed by atoms with E-state index in [9.17, 15) is 4.79 Å². The Bertz CT molecular complexity index is 593. The normalized spacial score (nSPS) is 25.1. The summed E-state index contributed by atoms with van der Waals surface area (Å²) in [5.74, 6) is 0.955. The van der Waals surface area contributed by atoms with Gasteiger partial charge in [0, 0.05) is 31.6 Å².